The Morgan fingerprint density at radius 1 is 1.58 bits per heavy atom. The second-order valence-corrected chi connectivity index (χ2v) is 5.99. The van der Waals surface area contributed by atoms with Crippen LogP contribution in [-0.4, -0.2) is 30.9 Å². The van der Waals surface area contributed by atoms with Gasteiger partial charge in [0.05, 0.1) is 17.2 Å². The van der Waals surface area contributed by atoms with Gasteiger partial charge in [0, 0.05) is 11.0 Å². The van der Waals surface area contributed by atoms with Gasteiger partial charge in [-0.1, -0.05) is 17.7 Å². The SMILES string of the molecule is CC1(C)OCC(CNC(=O)c2cccc(Br)c2Cl)O1. The molecule has 2 rings (SSSR count). The third-order valence-electron chi connectivity index (χ3n) is 2.75. The van der Waals surface area contributed by atoms with Gasteiger partial charge in [-0.25, -0.2) is 0 Å². The molecule has 4 nitrogen and oxygen atoms in total. The van der Waals surface area contributed by atoms with Gasteiger partial charge >= 0.3 is 0 Å². The molecule has 0 spiro atoms. The minimum absolute atomic E-state index is 0.134. The summed E-state index contributed by atoms with van der Waals surface area (Å²) in [5, 5.41) is 3.20. The van der Waals surface area contributed by atoms with Crippen molar-refractivity contribution in [1.29, 1.82) is 0 Å². The standard InChI is InChI=1S/C13H15BrClNO3/c1-13(2)18-7-8(19-13)6-16-12(17)9-4-3-5-10(14)11(9)15/h3-5,8H,6-7H2,1-2H3,(H,16,17). The van der Waals surface area contributed by atoms with Crippen molar-refractivity contribution in [1.82, 2.24) is 5.32 Å². The fourth-order valence-electron chi connectivity index (χ4n) is 1.84. The first-order valence-corrected chi connectivity index (χ1v) is 7.10. The van der Waals surface area contributed by atoms with Crippen molar-refractivity contribution in [3.63, 3.8) is 0 Å². The quantitative estimate of drug-likeness (QED) is 0.913. The molecule has 1 aliphatic rings. The highest BCUT2D eigenvalue weighted by Crippen LogP contribution is 2.26. The number of halogens is 2. The minimum Gasteiger partial charge on any atom is -0.349 e. The highest BCUT2D eigenvalue weighted by molar-refractivity contribution is 9.10. The van der Waals surface area contributed by atoms with E-state index in [1.807, 2.05) is 13.8 Å². The molecule has 1 fully saturated rings. The van der Waals surface area contributed by atoms with Gasteiger partial charge in [-0.3, -0.25) is 4.79 Å². The Labute approximate surface area is 125 Å². The normalized spacial score (nSPS) is 21.4. The zero-order valence-electron chi connectivity index (χ0n) is 10.7. The minimum atomic E-state index is -0.581. The van der Waals surface area contributed by atoms with Gasteiger partial charge in [0.2, 0.25) is 0 Å². The lowest BCUT2D eigenvalue weighted by Gasteiger charge is -2.17. The van der Waals surface area contributed by atoms with Crippen LogP contribution in [0.15, 0.2) is 22.7 Å². The van der Waals surface area contributed by atoms with Crippen molar-refractivity contribution in [2.45, 2.75) is 25.7 Å². The molecule has 1 heterocycles. The van der Waals surface area contributed by atoms with Gasteiger partial charge in [0.1, 0.15) is 6.10 Å². The van der Waals surface area contributed by atoms with Crippen LogP contribution in [0.1, 0.15) is 24.2 Å². The van der Waals surface area contributed by atoms with Gasteiger partial charge in [-0.05, 0) is 41.9 Å². The zero-order valence-corrected chi connectivity index (χ0v) is 13.0. The zero-order chi connectivity index (χ0) is 14.0. The second-order valence-electron chi connectivity index (χ2n) is 4.76. The molecule has 1 N–H and O–H groups in total. The Kier molecular flexibility index (Phi) is 4.50. The predicted molar refractivity (Wildman–Crippen MR) is 76.4 cm³/mol. The van der Waals surface area contributed by atoms with Crippen LogP contribution in [0.4, 0.5) is 0 Å². The molecule has 1 amide bonds. The number of benzene rings is 1. The maximum absolute atomic E-state index is 12.0. The Morgan fingerprint density at radius 2 is 2.32 bits per heavy atom. The van der Waals surface area contributed by atoms with Crippen molar-refractivity contribution in [3.8, 4) is 0 Å². The van der Waals surface area contributed by atoms with E-state index in [9.17, 15) is 4.79 Å². The van der Waals surface area contributed by atoms with E-state index in [0.29, 0.717) is 28.2 Å². The predicted octanol–water partition coefficient (Wildman–Crippen LogP) is 2.98. The van der Waals surface area contributed by atoms with E-state index in [1.54, 1.807) is 18.2 Å². The molecule has 1 saturated heterocycles. The van der Waals surface area contributed by atoms with E-state index in [0.717, 1.165) is 0 Å². The average molecular weight is 349 g/mol. The first-order chi connectivity index (χ1) is 8.89. The topological polar surface area (TPSA) is 47.6 Å². The van der Waals surface area contributed by atoms with E-state index in [1.165, 1.54) is 0 Å². The molecule has 1 aromatic carbocycles. The number of carbonyl (C=O) groups excluding carboxylic acids is 1. The number of rotatable bonds is 3. The highest BCUT2D eigenvalue weighted by Gasteiger charge is 2.32. The van der Waals surface area contributed by atoms with Crippen LogP contribution in [-0.2, 0) is 9.47 Å². The van der Waals surface area contributed by atoms with Crippen LogP contribution in [0.5, 0.6) is 0 Å². The first-order valence-electron chi connectivity index (χ1n) is 5.93. The molecule has 0 aromatic heterocycles. The Hall–Kier alpha value is -0.620. The molecule has 104 valence electrons. The lowest BCUT2D eigenvalue weighted by atomic mass is 10.2. The lowest BCUT2D eigenvalue weighted by molar-refractivity contribution is -0.137. The van der Waals surface area contributed by atoms with E-state index >= 15 is 0 Å². The second kappa shape index (κ2) is 5.79. The molecule has 6 heteroatoms. The largest absolute Gasteiger partial charge is 0.349 e. The van der Waals surface area contributed by atoms with Crippen molar-refractivity contribution in [2.75, 3.05) is 13.2 Å². The third kappa shape index (κ3) is 3.69. The van der Waals surface area contributed by atoms with Crippen LogP contribution in [0.3, 0.4) is 0 Å². The van der Waals surface area contributed by atoms with E-state index in [-0.39, 0.29) is 12.0 Å². The summed E-state index contributed by atoms with van der Waals surface area (Å²) in [5.41, 5.74) is 0.439. The lowest BCUT2D eigenvalue weighted by Crippen LogP contribution is -2.34. The summed E-state index contributed by atoms with van der Waals surface area (Å²) in [7, 11) is 0. The molecular formula is C13H15BrClNO3. The van der Waals surface area contributed by atoms with E-state index in [4.69, 9.17) is 21.1 Å². The molecule has 0 bridgehead atoms. The van der Waals surface area contributed by atoms with Crippen LogP contribution in [0.25, 0.3) is 0 Å². The summed E-state index contributed by atoms with van der Waals surface area (Å²) in [5.74, 6) is -0.803. The van der Waals surface area contributed by atoms with Gasteiger partial charge in [0.25, 0.3) is 5.91 Å². The molecular weight excluding hydrogens is 334 g/mol. The van der Waals surface area contributed by atoms with E-state index < -0.39 is 5.79 Å². The highest BCUT2D eigenvalue weighted by atomic mass is 79.9. The summed E-state index contributed by atoms with van der Waals surface area (Å²) < 4.78 is 11.7. The van der Waals surface area contributed by atoms with Gasteiger partial charge in [-0.15, -0.1) is 0 Å². The average Bonchev–Trinajstić information content (AvgIpc) is 2.69. The Bertz CT molecular complexity index is 493. The maximum Gasteiger partial charge on any atom is 0.252 e. The summed E-state index contributed by atoms with van der Waals surface area (Å²) >= 11 is 9.36. The van der Waals surface area contributed by atoms with Gasteiger partial charge < -0.3 is 14.8 Å². The monoisotopic (exact) mass is 347 g/mol. The van der Waals surface area contributed by atoms with Crippen molar-refractivity contribution in [2.24, 2.45) is 0 Å². The molecule has 0 radical (unpaired) electrons. The van der Waals surface area contributed by atoms with Crippen LogP contribution in [0.2, 0.25) is 5.02 Å². The fourth-order valence-corrected chi connectivity index (χ4v) is 2.42. The van der Waals surface area contributed by atoms with Crippen molar-refractivity contribution in [3.05, 3.63) is 33.3 Å². The molecule has 1 aliphatic heterocycles. The summed E-state index contributed by atoms with van der Waals surface area (Å²) in [6.07, 6.45) is -0.134. The van der Waals surface area contributed by atoms with Crippen molar-refractivity contribution < 1.29 is 14.3 Å². The third-order valence-corrected chi connectivity index (χ3v) is 4.05. The van der Waals surface area contributed by atoms with E-state index in [2.05, 4.69) is 21.2 Å². The number of carbonyl (C=O) groups is 1. The van der Waals surface area contributed by atoms with Crippen LogP contribution < -0.4 is 5.32 Å². The Morgan fingerprint density at radius 3 is 2.95 bits per heavy atom. The molecule has 19 heavy (non-hydrogen) atoms. The van der Waals surface area contributed by atoms with Gasteiger partial charge in [-0.2, -0.15) is 0 Å². The summed E-state index contributed by atoms with van der Waals surface area (Å²) in [6.45, 7) is 4.56. The molecule has 0 saturated carbocycles. The van der Waals surface area contributed by atoms with Crippen LogP contribution >= 0.6 is 27.5 Å². The number of hydrogen-bond acceptors (Lipinski definition) is 3. The Balaban J connectivity index is 1.93. The molecule has 0 aliphatic carbocycles. The van der Waals surface area contributed by atoms with Gasteiger partial charge in [0.15, 0.2) is 5.79 Å². The number of nitrogens with one attached hydrogen (secondary N) is 1. The van der Waals surface area contributed by atoms with Crippen LogP contribution in [0, 0.1) is 0 Å². The number of ether oxygens (including phenoxy) is 2. The first kappa shape index (κ1) is 14.8. The fraction of sp³-hybridized carbons (Fsp3) is 0.462. The summed E-state index contributed by atoms with van der Waals surface area (Å²) in [4.78, 5) is 12.0. The number of hydrogen-bond donors (Lipinski definition) is 1. The summed E-state index contributed by atoms with van der Waals surface area (Å²) in [6, 6.07) is 5.23. The number of amides is 1. The smallest absolute Gasteiger partial charge is 0.252 e. The molecule has 1 unspecified atom stereocenters. The van der Waals surface area contributed by atoms with Crippen molar-refractivity contribution >= 4 is 33.4 Å². The maximum atomic E-state index is 12.0. The molecule has 1 aromatic rings. The molecule has 1 atom stereocenters.